The van der Waals surface area contributed by atoms with Crippen molar-refractivity contribution in [2.45, 2.75) is 75.1 Å². The van der Waals surface area contributed by atoms with Crippen LogP contribution in [0.5, 0.6) is 0 Å². The predicted octanol–water partition coefficient (Wildman–Crippen LogP) is 4.88. The van der Waals surface area contributed by atoms with Gasteiger partial charge in [0.2, 0.25) is 0 Å². The Morgan fingerprint density at radius 3 is 2.38 bits per heavy atom. The van der Waals surface area contributed by atoms with Crippen LogP contribution < -0.4 is 4.90 Å². The van der Waals surface area contributed by atoms with Gasteiger partial charge in [0, 0.05) is 30.3 Å². The van der Waals surface area contributed by atoms with E-state index in [2.05, 4.69) is 4.57 Å². The van der Waals surface area contributed by atoms with Gasteiger partial charge >= 0.3 is 12.1 Å². The number of imidazole rings is 1. The smallest absolute Gasteiger partial charge is 0.414 e. The number of aromatic nitrogens is 2. The zero-order chi connectivity index (χ0) is 27.9. The van der Waals surface area contributed by atoms with Gasteiger partial charge in [-0.25, -0.2) is 18.2 Å². The molecule has 9 nitrogen and oxygen atoms in total. The maximum absolute atomic E-state index is 12.6. The second kappa shape index (κ2) is 10.6. The molecule has 1 aliphatic heterocycles. The van der Waals surface area contributed by atoms with Gasteiger partial charge in [-0.15, -0.1) is 0 Å². The van der Waals surface area contributed by atoms with E-state index < -0.39 is 27.8 Å². The van der Waals surface area contributed by atoms with E-state index in [9.17, 15) is 23.1 Å². The number of ether oxygens (including phenoxy) is 1. The highest BCUT2D eigenvalue weighted by Crippen LogP contribution is 2.41. The average Bonchev–Trinajstić information content (AvgIpc) is 3.29. The number of hydrogen-bond acceptors (Lipinski definition) is 6. The van der Waals surface area contributed by atoms with Crippen molar-refractivity contribution in [3.05, 3.63) is 59.4 Å². The van der Waals surface area contributed by atoms with Crippen LogP contribution in [-0.2, 0) is 32.2 Å². The standard InChI is InChI=1S/C29H35N3O6S/c1-18-9-14-22-24(31(18)29(35)38-2)15-16-25-27(22)30-26(17-23(28(33)34)19-7-5-4-6-8-19)32(25)20-10-12-21(13-11-20)39(3,36)37/h4-8,15-16,18,20-21,23H,9-14,17H2,1-3H3,(H,33,34)/t18-,20?,21?,23+/m0/s1. The van der Waals surface area contributed by atoms with Crippen molar-refractivity contribution in [3.8, 4) is 0 Å². The number of methoxy groups -OCH3 is 1. The first kappa shape index (κ1) is 27.2. The number of anilines is 1. The summed E-state index contributed by atoms with van der Waals surface area (Å²) in [6.45, 7) is 1.99. The third-order valence-corrected chi connectivity index (χ3v) is 10.1. The van der Waals surface area contributed by atoms with E-state index >= 15 is 0 Å². The molecule has 3 aromatic rings. The van der Waals surface area contributed by atoms with Crippen molar-refractivity contribution in [3.63, 3.8) is 0 Å². The number of sulfone groups is 1. The molecule has 39 heavy (non-hydrogen) atoms. The summed E-state index contributed by atoms with van der Waals surface area (Å²) < 4.78 is 31.6. The summed E-state index contributed by atoms with van der Waals surface area (Å²) in [7, 11) is -1.75. The van der Waals surface area contributed by atoms with E-state index in [1.807, 2.05) is 49.4 Å². The number of aryl methyl sites for hydroxylation is 1. The summed E-state index contributed by atoms with van der Waals surface area (Å²) in [4.78, 5) is 31.8. The Labute approximate surface area is 228 Å². The highest BCUT2D eigenvalue weighted by molar-refractivity contribution is 7.91. The van der Waals surface area contributed by atoms with Gasteiger partial charge in [-0.2, -0.15) is 0 Å². The molecule has 10 heteroatoms. The van der Waals surface area contributed by atoms with Gasteiger partial charge in [0.05, 0.1) is 35.0 Å². The molecule has 0 saturated heterocycles. The van der Waals surface area contributed by atoms with E-state index in [0.717, 1.165) is 35.1 Å². The number of hydrogen-bond donors (Lipinski definition) is 1. The molecule has 0 bridgehead atoms. The molecule has 1 saturated carbocycles. The van der Waals surface area contributed by atoms with Crippen LogP contribution in [0.25, 0.3) is 11.0 Å². The molecule has 1 aromatic heterocycles. The zero-order valence-corrected chi connectivity index (χ0v) is 23.4. The summed E-state index contributed by atoms with van der Waals surface area (Å²) in [6, 6.07) is 13.0. The van der Waals surface area contributed by atoms with Gasteiger partial charge in [-0.05, 0) is 63.1 Å². The Morgan fingerprint density at radius 1 is 1.08 bits per heavy atom. The molecule has 1 amide bonds. The van der Waals surface area contributed by atoms with Crippen LogP contribution in [-0.4, -0.2) is 59.8 Å². The highest BCUT2D eigenvalue weighted by atomic mass is 32.2. The molecular weight excluding hydrogens is 518 g/mol. The van der Waals surface area contributed by atoms with Crippen molar-refractivity contribution in [1.82, 2.24) is 9.55 Å². The molecule has 208 valence electrons. The van der Waals surface area contributed by atoms with Gasteiger partial charge < -0.3 is 14.4 Å². The Kier molecular flexibility index (Phi) is 7.41. The van der Waals surface area contributed by atoms with Gasteiger partial charge in [-0.1, -0.05) is 30.3 Å². The molecule has 1 N–H and O–H groups in total. The predicted molar refractivity (Wildman–Crippen MR) is 149 cm³/mol. The highest BCUT2D eigenvalue weighted by Gasteiger charge is 2.35. The van der Waals surface area contributed by atoms with Crippen LogP contribution >= 0.6 is 0 Å². The lowest BCUT2D eigenvalue weighted by atomic mass is 9.92. The van der Waals surface area contributed by atoms with Crippen molar-refractivity contribution < 1.29 is 27.9 Å². The lowest BCUT2D eigenvalue weighted by Gasteiger charge is -2.34. The Hall–Kier alpha value is -3.40. The van der Waals surface area contributed by atoms with Crippen molar-refractivity contribution in [2.24, 2.45) is 0 Å². The van der Waals surface area contributed by atoms with Crippen LogP contribution in [0, 0.1) is 0 Å². The minimum Gasteiger partial charge on any atom is -0.481 e. The Bertz CT molecular complexity index is 1490. The van der Waals surface area contributed by atoms with Crippen LogP contribution in [0.2, 0.25) is 0 Å². The van der Waals surface area contributed by atoms with Crippen molar-refractivity contribution >= 4 is 38.6 Å². The number of rotatable bonds is 6. The Balaban J connectivity index is 1.63. The zero-order valence-electron chi connectivity index (χ0n) is 22.5. The van der Waals surface area contributed by atoms with E-state index in [-0.39, 0.29) is 23.8 Å². The number of amides is 1. The second-order valence-electron chi connectivity index (χ2n) is 10.8. The van der Waals surface area contributed by atoms with Crippen LogP contribution in [0.15, 0.2) is 42.5 Å². The number of carbonyl (C=O) groups is 2. The molecule has 0 spiro atoms. The molecular formula is C29H35N3O6S. The fraction of sp³-hybridized carbons (Fsp3) is 0.483. The number of aliphatic carboxylic acids is 1. The summed E-state index contributed by atoms with van der Waals surface area (Å²) in [5, 5.41) is 9.82. The van der Waals surface area contributed by atoms with Crippen LogP contribution in [0.1, 0.15) is 67.9 Å². The maximum Gasteiger partial charge on any atom is 0.414 e. The molecule has 0 unspecified atom stereocenters. The molecule has 2 aromatic carbocycles. The largest absolute Gasteiger partial charge is 0.481 e. The van der Waals surface area contributed by atoms with E-state index in [1.165, 1.54) is 13.4 Å². The summed E-state index contributed by atoms with van der Waals surface area (Å²) in [5.41, 5.74) is 4.08. The third kappa shape index (κ3) is 5.14. The normalized spacial score (nSPS) is 22.3. The number of nitrogens with zero attached hydrogens (tertiary/aromatic N) is 3. The maximum atomic E-state index is 12.6. The Morgan fingerprint density at radius 2 is 1.77 bits per heavy atom. The van der Waals surface area contributed by atoms with Crippen molar-refractivity contribution in [2.75, 3.05) is 18.3 Å². The fourth-order valence-electron chi connectivity index (χ4n) is 6.32. The lowest BCUT2D eigenvalue weighted by Crippen LogP contribution is -2.42. The number of carbonyl (C=O) groups excluding carboxylic acids is 1. The molecule has 2 heterocycles. The minimum absolute atomic E-state index is 0.00509. The third-order valence-electron chi connectivity index (χ3n) is 8.40. The molecule has 2 atom stereocenters. The first-order valence-electron chi connectivity index (χ1n) is 13.5. The fourth-order valence-corrected chi connectivity index (χ4v) is 7.45. The topological polar surface area (TPSA) is 119 Å². The number of benzene rings is 2. The quantitative estimate of drug-likeness (QED) is 0.462. The molecule has 1 aliphatic carbocycles. The summed E-state index contributed by atoms with van der Waals surface area (Å²) >= 11 is 0. The van der Waals surface area contributed by atoms with Gasteiger partial charge in [-0.3, -0.25) is 9.69 Å². The molecule has 0 radical (unpaired) electrons. The summed E-state index contributed by atoms with van der Waals surface area (Å²) in [5.74, 6) is -1.04. The van der Waals surface area contributed by atoms with E-state index in [0.29, 0.717) is 37.1 Å². The molecule has 1 fully saturated rings. The lowest BCUT2D eigenvalue weighted by molar-refractivity contribution is -0.138. The first-order valence-corrected chi connectivity index (χ1v) is 15.4. The van der Waals surface area contributed by atoms with Crippen LogP contribution in [0.3, 0.4) is 0 Å². The monoisotopic (exact) mass is 553 g/mol. The van der Waals surface area contributed by atoms with Crippen molar-refractivity contribution in [1.29, 1.82) is 0 Å². The second-order valence-corrected chi connectivity index (χ2v) is 13.1. The molecule has 5 rings (SSSR count). The first-order chi connectivity index (χ1) is 18.6. The van der Waals surface area contributed by atoms with E-state index in [4.69, 9.17) is 9.72 Å². The molecule has 2 aliphatic rings. The average molecular weight is 554 g/mol. The summed E-state index contributed by atoms with van der Waals surface area (Å²) in [6.07, 6.45) is 5.02. The SMILES string of the molecule is COC(=O)N1c2ccc3c(nc(C[C@@H](C(=O)O)c4ccccc4)n3C3CCC(S(C)(=O)=O)CC3)c2CC[C@@H]1C. The van der Waals surface area contributed by atoms with Gasteiger partial charge in [0.15, 0.2) is 0 Å². The number of fused-ring (bicyclic) bond motifs is 3. The van der Waals surface area contributed by atoms with Gasteiger partial charge in [0.25, 0.3) is 0 Å². The van der Waals surface area contributed by atoms with Gasteiger partial charge in [0.1, 0.15) is 15.7 Å². The van der Waals surface area contributed by atoms with E-state index in [1.54, 1.807) is 4.90 Å². The van der Waals surface area contributed by atoms with Crippen LogP contribution in [0.4, 0.5) is 10.5 Å². The number of carboxylic acids is 1. The number of carboxylic acid groups (broad SMARTS) is 1. The minimum atomic E-state index is -3.12.